The van der Waals surface area contributed by atoms with Gasteiger partial charge >= 0.3 is 10.4 Å². The Kier molecular flexibility index (Phi) is 8.47. The third-order valence-corrected chi connectivity index (χ3v) is 9.80. The molecule has 0 bridgehead atoms. The molecule has 0 saturated carbocycles. The van der Waals surface area contributed by atoms with Gasteiger partial charge in [0.1, 0.15) is 15.5 Å². The lowest BCUT2D eigenvalue weighted by atomic mass is 10.1. The first-order chi connectivity index (χ1) is 19.8. The number of aromatic nitrogens is 2. The van der Waals surface area contributed by atoms with Gasteiger partial charge in [-0.2, -0.15) is 25.3 Å². The number of sulfone groups is 1. The molecule has 0 unspecified atom stereocenters. The summed E-state index contributed by atoms with van der Waals surface area (Å²) < 4.78 is 128. The molecule has 0 atom stereocenters. The molecule has 0 spiro atoms. The number of H-pyrrole nitrogens is 1. The minimum absolute atomic E-state index is 0.00777. The van der Waals surface area contributed by atoms with Crippen LogP contribution in [0.15, 0.2) is 84.3 Å². The maximum absolute atomic E-state index is 13.2. The molecule has 0 fully saturated rings. The van der Waals surface area contributed by atoms with Gasteiger partial charge in [0.15, 0.2) is 15.5 Å². The number of aryl methyl sites for hydroxylation is 1. The Labute approximate surface area is 243 Å². The first-order valence-corrected chi connectivity index (χ1v) is 17.4. The molecule has 4 aromatic rings. The van der Waals surface area contributed by atoms with Gasteiger partial charge in [0.25, 0.3) is 25.8 Å². The number of hydrogen-bond acceptors (Lipinski definition) is 12. The van der Waals surface area contributed by atoms with E-state index in [0.29, 0.717) is 0 Å². The van der Waals surface area contributed by atoms with Crippen molar-refractivity contribution in [2.75, 3.05) is 12.4 Å². The third kappa shape index (κ3) is 7.05. The van der Waals surface area contributed by atoms with Crippen molar-refractivity contribution in [3.63, 3.8) is 0 Å². The van der Waals surface area contributed by atoms with Crippen LogP contribution in [0.5, 0.6) is 0 Å². The second-order valence-electron chi connectivity index (χ2n) is 8.71. The number of aromatic amines is 1. The Bertz CT molecular complexity index is 2290. The number of rotatable bonds is 10. The SMILES string of the molecule is Cc1[nH]n(-c2cccc(S(=O)(=O)CCOS(=O)(=O)O)c2)c(=O)c1N=Nc1ccc2c(S(=O)(=O)O)cccc2c1S(=O)(=O)O. The fraction of sp³-hybridized carbons (Fsp3) is 0.136. The summed E-state index contributed by atoms with van der Waals surface area (Å²) in [5.74, 6) is -0.818. The lowest BCUT2D eigenvalue weighted by Crippen LogP contribution is -2.17. The molecule has 0 aliphatic heterocycles. The monoisotopic (exact) mass is 676 g/mol. The zero-order chi connectivity index (χ0) is 32.0. The van der Waals surface area contributed by atoms with Gasteiger partial charge in [0.2, 0.25) is 0 Å². The van der Waals surface area contributed by atoms with E-state index in [1.54, 1.807) is 0 Å². The molecule has 1 aromatic heterocycles. The second-order valence-corrected chi connectivity index (χ2v) is 14.7. The van der Waals surface area contributed by atoms with E-state index in [9.17, 15) is 47.6 Å². The van der Waals surface area contributed by atoms with Gasteiger partial charge < -0.3 is 0 Å². The fourth-order valence-electron chi connectivity index (χ4n) is 3.99. The minimum atomic E-state index is -5.05. The summed E-state index contributed by atoms with van der Waals surface area (Å²) in [5, 5.41) is 9.71. The summed E-state index contributed by atoms with van der Waals surface area (Å²) in [6.45, 7) is 0.539. The second kappa shape index (κ2) is 11.3. The van der Waals surface area contributed by atoms with Gasteiger partial charge in [-0.15, -0.1) is 10.2 Å². The van der Waals surface area contributed by atoms with Crippen LogP contribution in [0.4, 0.5) is 11.4 Å². The maximum Gasteiger partial charge on any atom is 0.397 e. The molecule has 17 nitrogen and oxygen atoms in total. The van der Waals surface area contributed by atoms with Crippen molar-refractivity contribution in [1.29, 1.82) is 0 Å². The fourth-order valence-corrected chi connectivity index (χ4v) is 7.05. The predicted octanol–water partition coefficient (Wildman–Crippen LogP) is 2.13. The van der Waals surface area contributed by atoms with Crippen molar-refractivity contribution in [1.82, 2.24) is 9.78 Å². The van der Waals surface area contributed by atoms with Crippen LogP contribution in [0.3, 0.4) is 0 Å². The molecule has 1 heterocycles. The largest absolute Gasteiger partial charge is 0.397 e. The molecular weight excluding hydrogens is 657 g/mol. The number of nitrogens with zero attached hydrogens (tertiary/aromatic N) is 3. The van der Waals surface area contributed by atoms with Crippen LogP contribution in [0.2, 0.25) is 0 Å². The Morgan fingerprint density at radius 3 is 2.14 bits per heavy atom. The molecule has 4 N–H and O–H groups in total. The summed E-state index contributed by atoms with van der Waals surface area (Å²) in [5.41, 5.74) is -1.56. The highest BCUT2D eigenvalue weighted by Crippen LogP contribution is 2.36. The lowest BCUT2D eigenvalue weighted by Gasteiger charge is -2.09. The van der Waals surface area contributed by atoms with Gasteiger partial charge in [0.05, 0.1) is 28.6 Å². The summed E-state index contributed by atoms with van der Waals surface area (Å²) in [4.78, 5) is 11.4. The zero-order valence-electron chi connectivity index (χ0n) is 21.5. The molecule has 0 saturated heterocycles. The summed E-state index contributed by atoms with van der Waals surface area (Å²) >= 11 is 0. The van der Waals surface area contributed by atoms with Crippen LogP contribution >= 0.6 is 0 Å². The maximum atomic E-state index is 13.2. The highest BCUT2D eigenvalue weighted by atomic mass is 32.3. The van der Waals surface area contributed by atoms with Crippen molar-refractivity contribution >= 4 is 62.6 Å². The molecule has 0 radical (unpaired) electrons. The summed E-state index contributed by atoms with van der Waals surface area (Å²) in [7, 11) is -18.8. The van der Waals surface area contributed by atoms with Crippen molar-refractivity contribution in [2.45, 2.75) is 21.6 Å². The van der Waals surface area contributed by atoms with Crippen molar-refractivity contribution in [3.8, 4) is 5.69 Å². The van der Waals surface area contributed by atoms with Crippen LogP contribution in [0, 0.1) is 6.92 Å². The smallest absolute Gasteiger partial charge is 0.293 e. The Morgan fingerprint density at radius 1 is 0.837 bits per heavy atom. The standard InChI is InChI=1S/C22H20N4O13S4/c1-13-20(22(27)26(25-13)14-4-2-5-15(12-14)40(28,29)11-10-39-43(36,37)38)24-23-18-9-8-16-17(21(18)42(33,34)35)6-3-7-19(16)41(30,31)32/h2-9,12,25H,10-11H2,1H3,(H,30,31,32)(H,33,34,35)(H,36,37,38). The third-order valence-electron chi connectivity index (χ3n) is 5.80. The highest BCUT2D eigenvalue weighted by Gasteiger charge is 2.24. The van der Waals surface area contributed by atoms with E-state index >= 15 is 0 Å². The highest BCUT2D eigenvalue weighted by molar-refractivity contribution is 7.91. The van der Waals surface area contributed by atoms with Gasteiger partial charge in [-0.05, 0) is 37.3 Å². The molecule has 0 aliphatic carbocycles. The normalized spacial score (nSPS) is 13.2. The van der Waals surface area contributed by atoms with Gasteiger partial charge in [-0.1, -0.05) is 24.3 Å². The van der Waals surface area contributed by atoms with Crippen LogP contribution in [-0.2, 0) is 44.7 Å². The number of azo groups is 1. The van der Waals surface area contributed by atoms with Gasteiger partial charge in [-0.25, -0.2) is 17.3 Å². The van der Waals surface area contributed by atoms with E-state index in [4.69, 9.17) is 4.55 Å². The average Bonchev–Trinajstić information content (AvgIpc) is 3.17. The number of hydrogen-bond donors (Lipinski definition) is 4. The van der Waals surface area contributed by atoms with E-state index in [2.05, 4.69) is 19.5 Å². The van der Waals surface area contributed by atoms with Crippen LogP contribution in [0.1, 0.15) is 5.69 Å². The zero-order valence-corrected chi connectivity index (χ0v) is 24.8. The molecule has 4 rings (SSSR count). The van der Waals surface area contributed by atoms with E-state index in [-0.39, 0.29) is 32.7 Å². The topological polar surface area (TPSA) is 269 Å². The molecule has 3 aromatic carbocycles. The van der Waals surface area contributed by atoms with Gasteiger partial charge in [-0.3, -0.25) is 23.6 Å². The van der Waals surface area contributed by atoms with E-state index in [1.165, 1.54) is 25.1 Å². The molecular formula is C22H20N4O13S4. The Balaban J connectivity index is 1.76. The number of fused-ring (bicyclic) bond motifs is 1. The Hall–Kier alpha value is -3.83. The van der Waals surface area contributed by atoms with E-state index in [0.717, 1.165) is 41.1 Å². The molecule has 0 aliphatic rings. The Morgan fingerprint density at radius 2 is 1.51 bits per heavy atom. The quantitative estimate of drug-likeness (QED) is 0.139. The van der Waals surface area contributed by atoms with Gasteiger partial charge in [0, 0.05) is 10.8 Å². The lowest BCUT2D eigenvalue weighted by molar-refractivity contribution is 0.284. The number of benzene rings is 3. The first-order valence-electron chi connectivity index (χ1n) is 11.5. The van der Waals surface area contributed by atoms with Crippen molar-refractivity contribution in [2.24, 2.45) is 10.2 Å². The molecule has 43 heavy (non-hydrogen) atoms. The average molecular weight is 677 g/mol. The van der Waals surface area contributed by atoms with Crippen LogP contribution < -0.4 is 5.56 Å². The predicted molar refractivity (Wildman–Crippen MR) is 148 cm³/mol. The first kappa shape index (κ1) is 32.1. The minimum Gasteiger partial charge on any atom is -0.293 e. The van der Waals surface area contributed by atoms with Crippen molar-refractivity contribution in [3.05, 3.63) is 70.6 Å². The van der Waals surface area contributed by atoms with E-state index < -0.39 is 73.9 Å². The number of nitrogens with one attached hydrogen (secondary N) is 1. The summed E-state index contributed by atoms with van der Waals surface area (Å²) in [6.07, 6.45) is 0. The van der Waals surface area contributed by atoms with E-state index in [1.807, 2.05) is 0 Å². The summed E-state index contributed by atoms with van der Waals surface area (Å²) in [6, 6.07) is 10.4. The van der Waals surface area contributed by atoms with Crippen molar-refractivity contribution < 1.29 is 51.5 Å². The molecule has 0 amide bonds. The van der Waals surface area contributed by atoms with Crippen LogP contribution in [-0.4, -0.2) is 69.5 Å². The molecule has 230 valence electrons. The van der Waals surface area contributed by atoms with Crippen LogP contribution in [0.25, 0.3) is 16.5 Å². The molecule has 21 heteroatoms.